The molecule has 0 saturated carbocycles. The minimum Gasteiger partial charge on any atom is -0.467 e. The summed E-state index contributed by atoms with van der Waals surface area (Å²) in [5.41, 5.74) is 3.47. The van der Waals surface area contributed by atoms with Crippen LogP contribution in [0.5, 0.6) is 0 Å². The highest BCUT2D eigenvalue weighted by molar-refractivity contribution is 5.88. The maximum absolute atomic E-state index is 13.8. The first-order valence-electron chi connectivity index (χ1n) is 12.1. The van der Waals surface area contributed by atoms with Crippen molar-refractivity contribution in [1.29, 1.82) is 0 Å². The van der Waals surface area contributed by atoms with E-state index in [0.717, 1.165) is 29.5 Å². The maximum atomic E-state index is 13.8. The highest BCUT2D eigenvalue weighted by Gasteiger charge is 2.34. The van der Waals surface area contributed by atoms with E-state index in [9.17, 15) is 9.59 Å². The van der Waals surface area contributed by atoms with Crippen LogP contribution in [0.4, 0.5) is 0 Å². The van der Waals surface area contributed by atoms with Gasteiger partial charge in [-0.15, -0.1) is 5.10 Å². The second-order valence-corrected chi connectivity index (χ2v) is 9.04. The number of ether oxygens (including phenoxy) is 1. The summed E-state index contributed by atoms with van der Waals surface area (Å²) in [6.45, 7) is 3.25. The van der Waals surface area contributed by atoms with Crippen molar-refractivity contribution in [3.63, 3.8) is 0 Å². The number of aryl methyl sites for hydroxylation is 1. The molecule has 9 heteroatoms. The number of nitrogens with one attached hydrogen (secondary N) is 1. The molecule has 0 bridgehead atoms. The number of carbonyl (C=O) groups is 2. The second-order valence-electron chi connectivity index (χ2n) is 9.04. The fourth-order valence-corrected chi connectivity index (χ4v) is 4.45. The fourth-order valence-electron chi connectivity index (χ4n) is 4.45. The molecule has 9 nitrogen and oxygen atoms in total. The number of aromatic nitrogens is 3. The molecule has 186 valence electrons. The van der Waals surface area contributed by atoms with Crippen molar-refractivity contribution in [3.8, 4) is 0 Å². The molecule has 2 aromatic heterocycles. The highest BCUT2D eigenvalue weighted by atomic mass is 16.5. The van der Waals surface area contributed by atoms with Crippen LogP contribution < -0.4 is 5.32 Å². The Balaban J connectivity index is 1.45. The van der Waals surface area contributed by atoms with Gasteiger partial charge in [-0.1, -0.05) is 47.2 Å². The number of para-hydroxylation sites is 1. The van der Waals surface area contributed by atoms with E-state index in [1.165, 1.54) is 6.26 Å². The third kappa shape index (κ3) is 5.31. The summed E-state index contributed by atoms with van der Waals surface area (Å²) >= 11 is 0. The van der Waals surface area contributed by atoms with Gasteiger partial charge >= 0.3 is 0 Å². The maximum Gasteiger partial charge on any atom is 0.250 e. The van der Waals surface area contributed by atoms with E-state index in [2.05, 4.69) is 15.6 Å². The Morgan fingerprint density at radius 1 is 1.14 bits per heavy atom. The van der Waals surface area contributed by atoms with Gasteiger partial charge in [0.1, 0.15) is 17.8 Å². The zero-order chi connectivity index (χ0) is 24.9. The predicted molar refractivity (Wildman–Crippen MR) is 133 cm³/mol. The number of amides is 2. The molecule has 1 saturated heterocycles. The highest BCUT2D eigenvalue weighted by Crippen LogP contribution is 2.26. The molecule has 2 amide bonds. The van der Waals surface area contributed by atoms with E-state index in [0.29, 0.717) is 24.4 Å². The van der Waals surface area contributed by atoms with Crippen LogP contribution in [-0.2, 0) is 27.4 Å². The molecule has 0 unspecified atom stereocenters. The Morgan fingerprint density at radius 2 is 1.97 bits per heavy atom. The third-order valence-electron chi connectivity index (χ3n) is 6.40. The van der Waals surface area contributed by atoms with Crippen molar-refractivity contribution in [2.75, 3.05) is 13.2 Å². The van der Waals surface area contributed by atoms with Crippen LogP contribution in [-0.4, -0.2) is 51.0 Å². The average molecular weight is 488 g/mol. The lowest BCUT2D eigenvalue weighted by Crippen LogP contribution is -2.46. The van der Waals surface area contributed by atoms with Crippen molar-refractivity contribution in [2.45, 2.75) is 45.0 Å². The van der Waals surface area contributed by atoms with Crippen LogP contribution in [0, 0.1) is 6.92 Å². The summed E-state index contributed by atoms with van der Waals surface area (Å²) < 4.78 is 12.9. The van der Waals surface area contributed by atoms with Gasteiger partial charge in [-0.05, 0) is 49.6 Å². The molecular formula is C27H29N5O4. The first-order valence-corrected chi connectivity index (χ1v) is 12.1. The predicted octanol–water partition coefficient (Wildman–Crippen LogP) is 3.40. The molecule has 2 aromatic carbocycles. The zero-order valence-electron chi connectivity index (χ0n) is 20.2. The van der Waals surface area contributed by atoms with Gasteiger partial charge < -0.3 is 19.4 Å². The molecule has 3 heterocycles. The molecular weight excluding hydrogens is 458 g/mol. The summed E-state index contributed by atoms with van der Waals surface area (Å²) in [6.07, 6.45) is 3.37. The largest absolute Gasteiger partial charge is 0.467 e. The lowest BCUT2D eigenvalue weighted by molar-refractivity contribution is -0.143. The minimum atomic E-state index is -0.954. The van der Waals surface area contributed by atoms with E-state index in [4.69, 9.17) is 9.15 Å². The SMILES string of the molecule is Cc1ccc(CN(C(=O)Cn2nnc3ccccc32)[C@@H](C(=O)NC[C@@H]2CCCO2)c2ccco2)cc1. The summed E-state index contributed by atoms with van der Waals surface area (Å²) in [4.78, 5) is 28.9. The Kier molecular flexibility index (Phi) is 7.08. The summed E-state index contributed by atoms with van der Waals surface area (Å²) in [5, 5.41) is 11.3. The van der Waals surface area contributed by atoms with Crippen molar-refractivity contribution in [1.82, 2.24) is 25.2 Å². The number of hydrogen-bond donors (Lipinski definition) is 1. The van der Waals surface area contributed by atoms with E-state index < -0.39 is 6.04 Å². The third-order valence-corrected chi connectivity index (χ3v) is 6.40. The fraction of sp³-hybridized carbons (Fsp3) is 0.333. The molecule has 1 fully saturated rings. The van der Waals surface area contributed by atoms with Gasteiger partial charge in [-0.3, -0.25) is 9.59 Å². The van der Waals surface area contributed by atoms with E-state index in [-0.39, 0.29) is 31.0 Å². The van der Waals surface area contributed by atoms with Gasteiger partial charge in [0.15, 0.2) is 6.04 Å². The van der Waals surface area contributed by atoms with Gasteiger partial charge in [-0.2, -0.15) is 0 Å². The number of carbonyl (C=O) groups excluding carboxylic acids is 2. The first-order chi connectivity index (χ1) is 17.6. The number of hydrogen-bond acceptors (Lipinski definition) is 6. The second kappa shape index (κ2) is 10.7. The van der Waals surface area contributed by atoms with Crippen LogP contribution in [0.25, 0.3) is 11.0 Å². The lowest BCUT2D eigenvalue weighted by Gasteiger charge is -2.30. The Morgan fingerprint density at radius 3 is 2.72 bits per heavy atom. The molecule has 1 aliphatic heterocycles. The molecule has 36 heavy (non-hydrogen) atoms. The number of rotatable bonds is 9. The topological polar surface area (TPSA) is 102 Å². The smallest absolute Gasteiger partial charge is 0.250 e. The molecule has 1 aliphatic rings. The van der Waals surface area contributed by atoms with Crippen molar-refractivity contribution in [2.24, 2.45) is 0 Å². The number of furan rings is 1. The van der Waals surface area contributed by atoms with E-state index in [1.807, 2.05) is 55.5 Å². The lowest BCUT2D eigenvalue weighted by atomic mass is 10.1. The van der Waals surface area contributed by atoms with Crippen LogP contribution >= 0.6 is 0 Å². The Bertz CT molecular complexity index is 1310. The van der Waals surface area contributed by atoms with Crippen LogP contribution in [0.1, 0.15) is 35.8 Å². The number of nitrogens with zero attached hydrogens (tertiary/aromatic N) is 4. The molecule has 2 atom stereocenters. The van der Waals surface area contributed by atoms with Gasteiger partial charge in [0.05, 0.1) is 17.9 Å². The Hall–Kier alpha value is -3.98. The molecule has 1 N–H and O–H groups in total. The van der Waals surface area contributed by atoms with Gasteiger partial charge in [-0.25, -0.2) is 4.68 Å². The number of fused-ring (bicyclic) bond motifs is 1. The van der Waals surface area contributed by atoms with Crippen LogP contribution in [0.2, 0.25) is 0 Å². The standard InChI is InChI=1S/C27H29N5O4/c1-19-10-12-20(13-11-19)17-31(25(33)18-32-23-8-3-2-7-22(23)29-30-32)26(24-9-5-15-36-24)27(34)28-16-21-6-4-14-35-21/h2-3,5,7-13,15,21,26H,4,6,14,16-18H2,1H3,(H,28,34)/t21-,26+/m0/s1. The molecule has 5 rings (SSSR count). The average Bonchev–Trinajstić information content (AvgIpc) is 3.67. The van der Waals surface area contributed by atoms with Crippen molar-refractivity contribution in [3.05, 3.63) is 83.8 Å². The normalized spacial score (nSPS) is 16.2. The summed E-state index contributed by atoms with van der Waals surface area (Å²) in [5.74, 6) is -0.201. The minimum absolute atomic E-state index is 0.0195. The summed E-state index contributed by atoms with van der Waals surface area (Å²) in [6, 6.07) is 17.8. The molecule has 0 spiro atoms. The van der Waals surface area contributed by atoms with E-state index >= 15 is 0 Å². The quantitative estimate of drug-likeness (QED) is 0.388. The molecule has 4 aromatic rings. The van der Waals surface area contributed by atoms with Gasteiger partial charge in [0.2, 0.25) is 5.91 Å². The number of benzene rings is 2. The summed E-state index contributed by atoms with van der Waals surface area (Å²) in [7, 11) is 0. The first kappa shape index (κ1) is 23.7. The zero-order valence-corrected chi connectivity index (χ0v) is 20.2. The van der Waals surface area contributed by atoms with Crippen molar-refractivity contribution < 1.29 is 18.7 Å². The Labute approximate surface area is 209 Å². The van der Waals surface area contributed by atoms with Gasteiger partial charge in [0, 0.05) is 19.7 Å². The van der Waals surface area contributed by atoms with Gasteiger partial charge in [0.25, 0.3) is 5.91 Å². The molecule has 0 aliphatic carbocycles. The molecule has 0 radical (unpaired) electrons. The monoisotopic (exact) mass is 487 g/mol. The van der Waals surface area contributed by atoms with Crippen LogP contribution in [0.15, 0.2) is 71.3 Å². The van der Waals surface area contributed by atoms with E-state index in [1.54, 1.807) is 21.7 Å². The van der Waals surface area contributed by atoms with Crippen molar-refractivity contribution >= 4 is 22.8 Å². The van der Waals surface area contributed by atoms with Crippen LogP contribution in [0.3, 0.4) is 0 Å².